The molecule has 0 radical (unpaired) electrons. The second kappa shape index (κ2) is 6.13. The van der Waals surface area contributed by atoms with Gasteiger partial charge in [0.05, 0.1) is 6.04 Å². The van der Waals surface area contributed by atoms with E-state index in [-0.39, 0.29) is 11.8 Å². The smallest absolute Gasteiger partial charge is 0.316 e. The van der Waals surface area contributed by atoms with Gasteiger partial charge < -0.3 is 21.5 Å². The zero-order valence-corrected chi connectivity index (χ0v) is 11.4. The Morgan fingerprint density at radius 2 is 1.95 bits per heavy atom. The molecule has 0 fully saturated rings. The maximum absolute atomic E-state index is 13.3. The van der Waals surface area contributed by atoms with Gasteiger partial charge in [-0.05, 0) is 43.3 Å². The van der Waals surface area contributed by atoms with E-state index in [0.717, 1.165) is 0 Å². The van der Waals surface area contributed by atoms with Gasteiger partial charge in [-0.1, -0.05) is 6.07 Å². The van der Waals surface area contributed by atoms with Gasteiger partial charge in [0.1, 0.15) is 11.6 Å². The van der Waals surface area contributed by atoms with Crippen LogP contribution in [-0.2, 0) is 0 Å². The van der Waals surface area contributed by atoms with E-state index >= 15 is 0 Å². The number of phenolic OH excluding ortho intramolecular Hbond substituents is 1. The van der Waals surface area contributed by atoms with Crippen molar-refractivity contribution in [3.05, 3.63) is 53.8 Å². The van der Waals surface area contributed by atoms with Crippen molar-refractivity contribution in [2.24, 2.45) is 5.73 Å². The number of hydrogen-bond donors (Lipinski definition) is 4. The van der Waals surface area contributed by atoms with E-state index < -0.39 is 11.8 Å². The number of halogens is 1. The first-order chi connectivity index (χ1) is 9.95. The number of hydrogen-bond acceptors (Lipinski definition) is 3. The van der Waals surface area contributed by atoms with Gasteiger partial charge in [0.2, 0.25) is 0 Å². The van der Waals surface area contributed by atoms with Crippen molar-refractivity contribution in [3.63, 3.8) is 0 Å². The molecule has 0 heterocycles. The van der Waals surface area contributed by atoms with Crippen LogP contribution in [0.4, 0.5) is 20.6 Å². The summed E-state index contributed by atoms with van der Waals surface area (Å²) < 4.78 is 13.3. The number of aromatic hydroxyl groups is 1. The van der Waals surface area contributed by atoms with Crippen LogP contribution < -0.4 is 16.4 Å². The third-order valence-electron chi connectivity index (χ3n) is 2.97. The van der Waals surface area contributed by atoms with Gasteiger partial charge >= 0.3 is 6.03 Å². The molecule has 2 rings (SSSR count). The largest absolute Gasteiger partial charge is 0.508 e. The predicted molar refractivity (Wildman–Crippen MR) is 79.8 cm³/mol. The molecule has 0 aliphatic carbocycles. The topological polar surface area (TPSA) is 87.4 Å². The lowest BCUT2D eigenvalue weighted by atomic mass is 10.1. The van der Waals surface area contributed by atoms with Crippen LogP contribution in [0.3, 0.4) is 0 Å². The minimum atomic E-state index is -0.650. The fourth-order valence-corrected chi connectivity index (χ4v) is 2.03. The molecule has 0 saturated heterocycles. The fourth-order valence-electron chi connectivity index (χ4n) is 2.03. The molecule has 0 saturated carbocycles. The van der Waals surface area contributed by atoms with Crippen molar-refractivity contribution in [1.82, 2.24) is 0 Å². The number of primary amides is 1. The van der Waals surface area contributed by atoms with Crippen LogP contribution in [0.15, 0.2) is 42.5 Å². The van der Waals surface area contributed by atoms with Crippen molar-refractivity contribution in [2.45, 2.75) is 13.0 Å². The fraction of sp³-hybridized carbons (Fsp3) is 0.133. The lowest BCUT2D eigenvalue weighted by Gasteiger charge is -2.17. The van der Waals surface area contributed by atoms with Gasteiger partial charge in [0.25, 0.3) is 0 Å². The highest BCUT2D eigenvalue weighted by Gasteiger charge is 2.11. The standard InChI is InChI=1S/C15H16FN3O2/c1-9(13-7-10(16)5-6-14(13)20)18-11-3-2-4-12(8-11)19-15(17)21/h2-9,18,20H,1H3,(H3,17,19,21). The van der Waals surface area contributed by atoms with Crippen molar-refractivity contribution in [1.29, 1.82) is 0 Å². The quantitative estimate of drug-likeness (QED) is 0.697. The molecule has 0 spiro atoms. The Morgan fingerprint density at radius 3 is 2.67 bits per heavy atom. The molecule has 0 aliphatic heterocycles. The number of amides is 2. The molecule has 0 aliphatic rings. The molecule has 110 valence electrons. The number of nitrogens with one attached hydrogen (secondary N) is 2. The average molecular weight is 289 g/mol. The highest BCUT2D eigenvalue weighted by atomic mass is 19.1. The minimum absolute atomic E-state index is 0.0165. The summed E-state index contributed by atoms with van der Waals surface area (Å²) in [5, 5.41) is 15.4. The first kappa shape index (κ1) is 14.6. The van der Waals surface area contributed by atoms with Crippen LogP contribution in [0.5, 0.6) is 5.75 Å². The Labute approximate surface area is 121 Å². The van der Waals surface area contributed by atoms with Crippen LogP contribution in [0, 0.1) is 5.82 Å². The van der Waals surface area contributed by atoms with Crippen molar-refractivity contribution in [3.8, 4) is 5.75 Å². The third kappa shape index (κ3) is 3.85. The molecule has 0 bridgehead atoms. The van der Waals surface area contributed by atoms with Gasteiger partial charge in [-0.2, -0.15) is 0 Å². The van der Waals surface area contributed by atoms with Gasteiger partial charge in [-0.15, -0.1) is 0 Å². The normalized spacial score (nSPS) is 11.7. The Hall–Kier alpha value is -2.76. The second-order valence-electron chi connectivity index (χ2n) is 4.64. The summed E-state index contributed by atoms with van der Waals surface area (Å²) in [4.78, 5) is 10.8. The first-order valence-corrected chi connectivity index (χ1v) is 6.37. The lowest BCUT2D eigenvalue weighted by Crippen LogP contribution is -2.19. The Balaban J connectivity index is 2.17. The Bertz CT molecular complexity index is 661. The summed E-state index contributed by atoms with van der Waals surface area (Å²) in [6.45, 7) is 1.79. The number of anilines is 2. The second-order valence-corrected chi connectivity index (χ2v) is 4.64. The summed E-state index contributed by atoms with van der Waals surface area (Å²) in [5.74, 6) is -0.400. The van der Waals surface area contributed by atoms with E-state index in [0.29, 0.717) is 16.9 Å². The van der Waals surface area contributed by atoms with E-state index in [1.54, 1.807) is 31.2 Å². The molecule has 0 aromatic heterocycles. The van der Waals surface area contributed by atoms with E-state index in [9.17, 15) is 14.3 Å². The third-order valence-corrected chi connectivity index (χ3v) is 2.97. The number of carbonyl (C=O) groups excluding carboxylic acids is 1. The molecule has 1 atom stereocenters. The van der Waals surface area contributed by atoms with Crippen molar-refractivity contribution < 1.29 is 14.3 Å². The van der Waals surface area contributed by atoms with Crippen molar-refractivity contribution >= 4 is 17.4 Å². The highest BCUT2D eigenvalue weighted by molar-refractivity contribution is 5.88. The summed E-state index contributed by atoms with van der Waals surface area (Å²) in [6, 6.07) is 9.74. The van der Waals surface area contributed by atoms with Crippen LogP contribution in [0.25, 0.3) is 0 Å². The van der Waals surface area contributed by atoms with Crippen LogP contribution in [-0.4, -0.2) is 11.1 Å². The lowest BCUT2D eigenvalue weighted by molar-refractivity contribution is 0.259. The zero-order chi connectivity index (χ0) is 15.4. The van der Waals surface area contributed by atoms with E-state index in [4.69, 9.17) is 5.73 Å². The average Bonchev–Trinajstić information content (AvgIpc) is 2.41. The SMILES string of the molecule is CC(Nc1cccc(NC(N)=O)c1)c1cc(F)ccc1O. The van der Waals surface area contributed by atoms with Gasteiger partial charge in [-0.3, -0.25) is 0 Å². The zero-order valence-electron chi connectivity index (χ0n) is 11.4. The Morgan fingerprint density at radius 1 is 1.24 bits per heavy atom. The highest BCUT2D eigenvalue weighted by Crippen LogP contribution is 2.28. The number of urea groups is 1. The molecule has 5 nitrogen and oxygen atoms in total. The van der Waals surface area contributed by atoms with E-state index in [2.05, 4.69) is 10.6 Å². The summed E-state index contributed by atoms with van der Waals surface area (Å²) in [7, 11) is 0. The van der Waals surface area contributed by atoms with Crippen LogP contribution in [0.2, 0.25) is 0 Å². The number of nitrogens with two attached hydrogens (primary N) is 1. The number of carbonyl (C=O) groups is 1. The number of rotatable bonds is 4. The van der Waals surface area contributed by atoms with Crippen molar-refractivity contribution in [2.75, 3.05) is 10.6 Å². The molecular weight excluding hydrogens is 273 g/mol. The Kier molecular flexibility index (Phi) is 4.27. The molecule has 2 aromatic rings. The molecule has 5 N–H and O–H groups in total. The molecule has 6 heteroatoms. The van der Waals surface area contributed by atoms with Gasteiger partial charge in [-0.25, -0.2) is 9.18 Å². The summed E-state index contributed by atoms with van der Waals surface area (Å²) in [6.07, 6.45) is 0. The van der Waals surface area contributed by atoms with Crippen LogP contribution in [0.1, 0.15) is 18.5 Å². The summed E-state index contributed by atoms with van der Waals surface area (Å²) >= 11 is 0. The van der Waals surface area contributed by atoms with Crippen LogP contribution >= 0.6 is 0 Å². The maximum Gasteiger partial charge on any atom is 0.316 e. The van der Waals surface area contributed by atoms with E-state index in [1.807, 2.05) is 0 Å². The number of phenols is 1. The minimum Gasteiger partial charge on any atom is -0.508 e. The molecule has 21 heavy (non-hydrogen) atoms. The molecule has 2 amide bonds. The molecule has 2 aromatic carbocycles. The monoisotopic (exact) mass is 289 g/mol. The predicted octanol–water partition coefficient (Wildman–Crippen LogP) is 3.20. The molecule has 1 unspecified atom stereocenters. The maximum atomic E-state index is 13.3. The summed E-state index contributed by atoms with van der Waals surface area (Å²) in [5.41, 5.74) is 6.76. The van der Waals surface area contributed by atoms with Gasteiger partial charge in [0.15, 0.2) is 0 Å². The number of benzene rings is 2. The van der Waals surface area contributed by atoms with Gasteiger partial charge in [0, 0.05) is 16.9 Å². The first-order valence-electron chi connectivity index (χ1n) is 6.37. The van der Waals surface area contributed by atoms with E-state index in [1.165, 1.54) is 18.2 Å². The molecular formula is C15H16FN3O2.